The summed E-state index contributed by atoms with van der Waals surface area (Å²) < 4.78 is 53.9. The van der Waals surface area contributed by atoms with E-state index in [1.807, 2.05) is 18.2 Å². The molecule has 330 valence electrons. The molecule has 8 fully saturated rings. The second-order valence-electron chi connectivity index (χ2n) is 20.4. The number of carboxylic acids is 1. The van der Waals surface area contributed by atoms with E-state index in [0.717, 1.165) is 37.8 Å². The molecule has 0 aromatic carbocycles. The fraction of sp³-hybridized carbons (Fsp3) is 0.848. The van der Waals surface area contributed by atoms with Crippen LogP contribution in [0.4, 0.5) is 0 Å². The summed E-state index contributed by atoms with van der Waals surface area (Å²) in [4.78, 5) is 10.9. The summed E-state index contributed by atoms with van der Waals surface area (Å²) >= 11 is 0. The smallest absolute Gasteiger partial charge is 0.303 e. The number of aliphatic carboxylic acids is 1. The summed E-state index contributed by atoms with van der Waals surface area (Å²) in [7, 11) is 0. The molecule has 59 heavy (non-hydrogen) atoms. The van der Waals surface area contributed by atoms with Gasteiger partial charge >= 0.3 is 5.97 Å². The normalized spacial score (nSPS) is 52.3. The van der Waals surface area contributed by atoms with Crippen LogP contribution in [0.3, 0.4) is 0 Å². The van der Waals surface area contributed by atoms with Crippen LogP contribution in [0.1, 0.15) is 125 Å². The maximum atomic E-state index is 12.2. The van der Waals surface area contributed by atoms with Gasteiger partial charge in [-0.3, -0.25) is 10.1 Å². The highest BCUT2D eigenvalue weighted by Gasteiger charge is 2.64. The molecule has 3 spiro atoms. The number of rotatable bonds is 9. The third-order valence-corrected chi connectivity index (χ3v) is 15.5. The standard InChI is InChI=1S/C46H69NO12/c1-26-19-35-40-37(24-44(57-40)30(5)18-27(2)25-47-44)55-43(22-26,54-35)23-29(4)39-28(3)13-15-45(51,58-39)41(50)36-21-34-33(52-36)20-31(6)46(56-34)17-16-42(59-46)14-9-11-32(53-42)10-7-8-12-38(48)49/h7,9-11,26-28,30-37,39-41,47,50-51H,4,8,12-25H2,1-3,5-6H3,(H,48,49)/b10-7+/t26-,27+,28-,30-,31+,32+,33+,34+,35+,36-,37+,39-,40+,41-,42-,43-,44-,45+,46+/m0/s1. The number of allylic oxidation sites excluding steroid dienone is 1. The summed E-state index contributed by atoms with van der Waals surface area (Å²) in [6, 6.07) is 0. The summed E-state index contributed by atoms with van der Waals surface area (Å²) in [6.45, 7) is 16.5. The van der Waals surface area contributed by atoms with Gasteiger partial charge in [0.2, 0.25) is 0 Å². The number of carbonyl (C=O) groups is 1. The van der Waals surface area contributed by atoms with Crippen molar-refractivity contribution in [2.75, 3.05) is 6.54 Å². The summed E-state index contributed by atoms with van der Waals surface area (Å²) in [5.74, 6) is -3.82. The van der Waals surface area contributed by atoms with Crippen LogP contribution in [0, 0.1) is 29.6 Å². The van der Waals surface area contributed by atoms with Crippen molar-refractivity contribution in [2.45, 2.75) is 208 Å². The third kappa shape index (κ3) is 7.96. The zero-order valence-electron chi connectivity index (χ0n) is 35.7. The Kier molecular flexibility index (Phi) is 11.4. The van der Waals surface area contributed by atoms with E-state index in [-0.39, 0.29) is 61.3 Å². The first-order valence-electron chi connectivity index (χ1n) is 22.8. The molecule has 0 saturated carbocycles. The lowest BCUT2D eigenvalue weighted by molar-refractivity contribution is -0.366. The van der Waals surface area contributed by atoms with Crippen molar-refractivity contribution in [3.05, 3.63) is 36.5 Å². The highest BCUT2D eigenvalue weighted by Crippen LogP contribution is 2.55. The zero-order valence-corrected chi connectivity index (χ0v) is 35.7. The number of carboxylic acid groups (broad SMARTS) is 1. The quantitative estimate of drug-likeness (QED) is 0.200. The van der Waals surface area contributed by atoms with Gasteiger partial charge in [-0.05, 0) is 61.3 Å². The van der Waals surface area contributed by atoms with Gasteiger partial charge in [-0.15, -0.1) is 0 Å². The maximum Gasteiger partial charge on any atom is 0.303 e. The van der Waals surface area contributed by atoms with Crippen LogP contribution in [0.2, 0.25) is 0 Å². The van der Waals surface area contributed by atoms with E-state index < -0.39 is 53.2 Å². The first-order valence-corrected chi connectivity index (χ1v) is 22.8. The maximum absolute atomic E-state index is 12.2. The molecule has 9 heterocycles. The van der Waals surface area contributed by atoms with Gasteiger partial charge in [-0.2, -0.15) is 0 Å². The SMILES string of the molecule is C=C(C[C@@]12C[C@@H](C)C[C@@H](O1)[C@H]1O[C@]3(C[C@H]1O2)NC[C@H](C)C[C@@H]3C)[C@H]1O[C@@](O)([C@@H](O)[C@@H]2C[C@H]3O[C@@]4(CC[C@]5(CC=C[C@@H](/C=C/CCC(=O)O)O5)O4)[C@H](C)C[C@H]3O2)CC[C@@H]1C. The van der Waals surface area contributed by atoms with Gasteiger partial charge in [0.25, 0.3) is 0 Å². The molecule has 13 heteroatoms. The highest BCUT2D eigenvalue weighted by atomic mass is 16.8. The Morgan fingerprint density at radius 3 is 2.51 bits per heavy atom. The molecular formula is C46H69NO12. The first-order chi connectivity index (χ1) is 28.0. The average Bonchev–Trinajstić information content (AvgIpc) is 3.86. The van der Waals surface area contributed by atoms with E-state index in [9.17, 15) is 15.0 Å². The van der Waals surface area contributed by atoms with Crippen molar-refractivity contribution in [1.29, 1.82) is 0 Å². The first kappa shape index (κ1) is 42.5. The molecular weight excluding hydrogens is 759 g/mol. The lowest BCUT2D eigenvalue weighted by Crippen LogP contribution is -2.60. The van der Waals surface area contributed by atoms with Crippen molar-refractivity contribution in [1.82, 2.24) is 5.32 Å². The molecule has 8 saturated heterocycles. The van der Waals surface area contributed by atoms with Gasteiger partial charge in [0, 0.05) is 70.3 Å². The van der Waals surface area contributed by atoms with E-state index in [1.165, 1.54) is 0 Å². The van der Waals surface area contributed by atoms with Gasteiger partial charge < -0.3 is 53.2 Å². The van der Waals surface area contributed by atoms with E-state index in [4.69, 9.17) is 43.0 Å². The van der Waals surface area contributed by atoms with Crippen molar-refractivity contribution < 1.29 is 58.0 Å². The Morgan fingerprint density at radius 2 is 1.71 bits per heavy atom. The molecule has 9 aliphatic rings. The van der Waals surface area contributed by atoms with Gasteiger partial charge in [-0.25, -0.2) is 0 Å². The molecule has 0 unspecified atom stereocenters. The molecule has 0 aliphatic carbocycles. The molecule has 4 N–H and O–H groups in total. The molecule has 0 aromatic rings. The van der Waals surface area contributed by atoms with Crippen molar-refractivity contribution in [3.63, 3.8) is 0 Å². The molecule has 9 aliphatic heterocycles. The number of nitrogens with one attached hydrogen (secondary N) is 1. The van der Waals surface area contributed by atoms with Crippen LogP contribution in [0.15, 0.2) is 36.5 Å². The van der Waals surface area contributed by atoms with Gasteiger partial charge in [0.15, 0.2) is 23.1 Å². The zero-order chi connectivity index (χ0) is 41.5. The largest absolute Gasteiger partial charge is 0.481 e. The minimum Gasteiger partial charge on any atom is -0.481 e. The molecule has 13 nitrogen and oxygen atoms in total. The van der Waals surface area contributed by atoms with E-state index >= 15 is 0 Å². The average molecular weight is 828 g/mol. The highest BCUT2D eigenvalue weighted by molar-refractivity contribution is 5.66. The van der Waals surface area contributed by atoms with Crippen molar-refractivity contribution >= 4 is 5.97 Å². The Morgan fingerprint density at radius 1 is 0.898 bits per heavy atom. The Balaban J connectivity index is 0.831. The van der Waals surface area contributed by atoms with E-state index in [1.54, 1.807) is 0 Å². The van der Waals surface area contributed by atoms with Gasteiger partial charge in [-0.1, -0.05) is 65.5 Å². The molecule has 0 radical (unpaired) electrons. The number of hydrogen-bond acceptors (Lipinski definition) is 12. The Hall–Kier alpha value is -1.75. The Bertz CT molecular complexity index is 1660. The number of hydrogen-bond donors (Lipinski definition) is 4. The van der Waals surface area contributed by atoms with Crippen LogP contribution in [-0.2, 0) is 42.7 Å². The minimum atomic E-state index is -1.84. The molecule has 2 bridgehead atoms. The molecule has 9 rings (SSSR count). The molecule has 0 aromatic heterocycles. The molecule has 0 amide bonds. The second kappa shape index (κ2) is 15.8. The number of ether oxygens (including phenoxy) is 8. The van der Waals surface area contributed by atoms with Gasteiger partial charge in [0.1, 0.15) is 17.9 Å². The number of fused-ring (bicyclic) bond motifs is 5. The third-order valence-electron chi connectivity index (χ3n) is 15.5. The summed E-state index contributed by atoms with van der Waals surface area (Å²) in [5.41, 5.74) is 0.397. The fourth-order valence-corrected chi connectivity index (χ4v) is 12.4. The monoisotopic (exact) mass is 827 g/mol. The van der Waals surface area contributed by atoms with E-state index in [0.29, 0.717) is 69.1 Å². The lowest BCUT2D eigenvalue weighted by Gasteiger charge is -2.52. The van der Waals surface area contributed by atoms with Gasteiger partial charge in [0.05, 0.1) is 42.7 Å². The second-order valence-corrected chi connectivity index (χ2v) is 20.4. The number of piperidine rings is 1. The van der Waals surface area contributed by atoms with Crippen LogP contribution < -0.4 is 5.32 Å². The predicted molar refractivity (Wildman–Crippen MR) is 214 cm³/mol. The molecule has 19 atom stereocenters. The number of aliphatic hydroxyl groups is 2. The van der Waals surface area contributed by atoms with Crippen LogP contribution in [-0.4, -0.2) is 112 Å². The lowest BCUT2D eigenvalue weighted by atomic mass is 9.79. The topological polar surface area (TPSA) is 164 Å². The van der Waals surface area contributed by atoms with Crippen LogP contribution in [0.25, 0.3) is 0 Å². The Labute approximate surface area is 349 Å². The van der Waals surface area contributed by atoms with Crippen LogP contribution in [0.5, 0.6) is 0 Å². The van der Waals surface area contributed by atoms with Crippen molar-refractivity contribution in [3.8, 4) is 0 Å². The van der Waals surface area contributed by atoms with Crippen LogP contribution >= 0.6 is 0 Å². The minimum absolute atomic E-state index is 0.00556. The predicted octanol–water partition coefficient (Wildman–Crippen LogP) is 6.01. The fourth-order valence-electron chi connectivity index (χ4n) is 12.4. The number of aliphatic hydroxyl groups excluding tert-OH is 1. The summed E-state index contributed by atoms with van der Waals surface area (Å²) in [6.07, 6.45) is 12.5. The van der Waals surface area contributed by atoms with E-state index in [2.05, 4.69) is 52.6 Å². The van der Waals surface area contributed by atoms with Crippen molar-refractivity contribution in [2.24, 2.45) is 29.6 Å². The summed E-state index contributed by atoms with van der Waals surface area (Å²) in [5, 5.41) is 36.8.